The van der Waals surface area contributed by atoms with Crippen LogP contribution in [-0.2, 0) is 0 Å². The zero-order chi connectivity index (χ0) is 9.14. The normalized spacial score (nSPS) is 11.2. The fraction of sp³-hybridized carbons (Fsp3) is 0.286. The lowest BCUT2D eigenvalue weighted by Crippen LogP contribution is -2.04. The third-order valence-corrected chi connectivity index (χ3v) is 1.32. The van der Waals surface area contributed by atoms with E-state index in [0.29, 0.717) is 0 Å². The van der Waals surface area contributed by atoms with Crippen LogP contribution in [-0.4, -0.2) is 25.4 Å². The maximum atomic E-state index is 8.66. The molecule has 0 saturated carbocycles. The maximum absolute atomic E-state index is 8.66. The lowest BCUT2D eigenvalue weighted by atomic mass is 10.3. The fourth-order valence-electron chi connectivity index (χ4n) is 0.756. The summed E-state index contributed by atoms with van der Waals surface area (Å²) in [7, 11) is 0. The van der Waals surface area contributed by atoms with Crippen molar-refractivity contribution < 1.29 is 20.4 Å². The van der Waals surface area contributed by atoms with E-state index in [9.17, 15) is 0 Å². The smallest absolute Gasteiger partial charge is 0.196 e. The van der Waals surface area contributed by atoms with Gasteiger partial charge in [0.1, 0.15) is 0 Å². The molecule has 0 aliphatic carbocycles. The summed E-state index contributed by atoms with van der Waals surface area (Å²) in [5.41, 5.74) is -0.0267. The van der Waals surface area contributed by atoms with Gasteiger partial charge in [-0.1, -0.05) is 6.07 Å². The molecule has 0 amide bonds. The van der Waals surface area contributed by atoms with E-state index in [1.54, 1.807) is 0 Å². The summed E-state index contributed by atoms with van der Waals surface area (Å²) in [6, 6.07) is 4.20. The van der Waals surface area contributed by atoms with Crippen LogP contribution in [0.4, 0.5) is 0 Å². The Kier molecular flexibility index (Phi) is 2.72. The molecule has 4 N–H and O–H groups in total. The standard InChI is InChI=1S/C7H9NO4/c9-6(10)4-2-1-3-5(8-4)7(11)12/h1-3,6-7,9-12H. The molecule has 0 aliphatic rings. The second-order valence-electron chi connectivity index (χ2n) is 2.23. The van der Waals surface area contributed by atoms with Crippen molar-refractivity contribution in [2.45, 2.75) is 12.6 Å². The third kappa shape index (κ3) is 1.99. The van der Waals surface area contributed by atoms with Gasteiger partial charge in [0.15, 0.2) is 12.6 Å². The Hall–Kier alpha value is -1.01. The van der Waals surface area contributed by atoms with Crippen LogP contribution in [0.1, 0.15) is 24.0 Å². The monoisotopic (exact) mass is 171 g/mol. The molecule has 5 heteroatoms. The van der Waals surface area contributed by atoms with Gasteiger partial charge >= 0.3 is 0 Å². The lowest BCUT2D eigenvalue weighted by molar-refractivity contribution is -0.0540. The SMILES string of the molecule is OC(O)c1cccc(C(O)O)n1. The topological polar surface area (TPSA) is 93.8 Å². The van der Waals surface area contributed by atoms with E-state index in [4.69, 9.17) is 20.4 Å². The van der Waals surface area contributed by atoms with Gasteiger partial charge in [-0.3, -0.25) is 0 Å². The Morgan fingerprint density at radius 1 is 0.917 bits per heavy atom. The number of pyridine rings is 1. The first kappa shape index (κ1) is 9.08. The molecule has 0 atom stereocenters. The van der Waals surface area contributed by atoms with Gasteiger partial charge in [0.2, 0.25) is 0 Å². The molecule has 5 nitrogen and oxygen atoms in total. The van der Waals surface area contributed by atoms with E-state index in [1.807, 2.05) is 0 Å². The molecule has 0 bridgehead atoms. The van der Waals surface area contributed by atoms with E-state index in [2.05, 4.69) is 4.98 Å². The van der Waals surface area contributed by atoms with Crippen molar-refractivity contribution >= 4 is 0 Å². The predicted octanol–water partition coefficient (Wildman–Crippen LogP) is -0.952. The molecule has 0 saturated heterocycles. The Morgan fingerprint density at radius 2 is 1.33 bits per heavy atom. The lowest BCUT2D eigenvalue weighted by Gasteiger charge is -2.06. The summed E-state index contributed by atoms with van der Waals surface area (Å²) in [4.78, 5) is 3.57. The van der Waals surface area contributed by atoms with Crippen LogP contribution in [0.5, 0.6) is 0 Å². The molecule has 1 rings (SSSR count). The number of aliphatic hydroxyl groups is 4. The minimum absolute atomic E-state index is 0.0133. The summed E-state index contributed by atoms with van der Waals surface area (Å²) in [6.45, 7) is 0. The number of aliphatic hydroxyl groups excluding tert-OH is 2. The van der Waals surface area contributed by atoms with Crippen LogP contribution in [0.3, 0.4) is 0 Å². The van der Waals surface area contributed by atoms with E-state index in [-0.39, 0.29) is 11.4 Å². The van der Waals surface area contributed by atoms with Crippen molar-refractivity contribution in [3.63, 3.8) is 0 Å². The van der Waals surface area contributed by atoms with Gasteiger partial charge < -0.3 is 20.4 Å². The highest BCUT2D eigenvalue weighted by atomic mass is 16.5. The highest BCUT2D eigenvalue weighted by Gasteiger charge is 2.08. The number of hydrogen-bond donors (Lipinski definition) is 4. The Bertz CT molecular complexity index is 238. The highest BCUT2D eigenvalue weighted by Crippen LogP contribution is 2.10. The minimum atomic E-state index is -1.69. The van der Waals surface area contributed by atoms with Gasteiger partial charge in [0, 0.05) is 0 Å². The van der Waals surface area contributed by atoms with Crippen molar-refractivity contribution in [1.82, 2.24) is 4.98 Å². The Morgan fingerprint density at radius 3 is 1.67 bits per heavy atom. The molecule has 12 heavy (non-hydrogen) atoms. The summed E-state index contributed by atoms with van der Waals surface area (Å²) >= 11 is 0. The molecule has 1 aromatic rings. The number of hydrogen-bond acceptors (Lipinski definition) is 5. The molecular formula is C7H9NO4. The zero-order valence-corrected chi connectivity index (χ0v) is 6.12. The van der Waals surface area contributed by atoms with Crippen molar-refractivity contribution in [3.8, 4) is 0 Å². The quantitative estimate of drug-likeness (QED) is 0.430. The maximum Gasteiger partial charge on any atom is 0.196 e. The van der Waals surface area contributed by atoms with E-state index in [1.165, 1.54) is 18.2 Å². The molecule has 0 aromatic carbocycles. The average Bonchev–Trinajstić information content (AvgIpc) is 2.04. The predicted molar refractivity (Wildman–Crippen MR) is 38.6 cm³/mol. The van der Waals surface area contributed by atoms with Crippen LogP contribution < -0.4 is 0 Å². The second kappa shape index (κ2) is 3.59. The summed E-state index contributed by atoms with van der Waals surface area (Å²) < 4.78 is 0. The Balaban J connectivity index is 2.96. The Labute approximate surface area is 68.6 Å². The van der Waals surface area contributed by atoms with Crippen molar-refractivity contribution in [1.29, 1.82) is 0 Å². The van der Waals surface area contributed by atoms with Crippen molar-refractivity contribution in [2.75, 3.05) is 0 Å². The van der Waals surface area contributed by atoms with E-state index < -0.39 is 12.6 Å². The van der Waals surface area contributed by atoms with Gasteiger partial charge in [0.05, 0.1) is 11.4 Å². The summed E-state index contributed by atoms with van der Waals surface area (Å²) in [5, 5.41) is 34.6. The summed E-state index contributed by atoms with van der Waals surface area (Å²) in [6.07, 6.45) is -3.38. The third-order valence-electron chi connectivity index (χ3n) is 1.32. The van der Waals surface area contributed by atoms with Gasteiger partial charge in [-0.2, -0.15) is 0 Å². The van der Waals surface area contributed by atoms with Gasteiger partial charge in [-0.15, -0.1) is 0 Å². The van der Waals surface area contributed by atoms with Gasteiger partial charge in [0.25, 0.3) is 0 Å². The second-order valence-corrected chi connectivity index (χ2v) is 2.23. The van der Waals surface area contributed by atoms with Crippen LogP contribution in [0.2, 0.25) is 0 Å². The van der Waals surface area contributed by atoms with E-state index in [0.717, 1.165) is 0 Å². The molecular weight excluding hydrogens is 162 g/mol. The first-order valence-electron chi connectivity index (χ1n) is 3.30. The largest absolute Gasteiger partial charge is 0.363 e. The van der Waals surface area contributed by atoms with Crippen molar-refractivity contribution in [2.24, 2.45) is 0 Å². The van der Waals surface area contributed by atoms with Crippen LogP contribution in [0, 0.1) is 0 Å². The number of rotatable bonds is 2. The molecule has 0 unspecified atom stereocenters. The molecule has 66 valence electrons. The molecule has 1 aromatic heterocycles. The molecule has 1 heterocycles. The minimum Gasteiger partial charge on any atom is -0.363 e. The zero-order valence-electron chi connectivity index (χ0n) is 6.12. The first-order valence-corrected chi connectivity index (χ1v) is 3.30. The van der Waals surface area contributed by atoms with Crippen molar-refractivity contribution in [3.05, 3.63) is 29.6 Å². The molecule has 0 aliphatic heterocycles. The average molecular weight is 171 g/mol. The first-order chi connectivity index (χ1) is 5.61. The fourth-order valence-corrected chi connectivity index (χ4v) is 0.756. The summed E-state index contributed by atoms with van der Waals surface area (Å²) in [5.74, 6) is 0. The highest BCUT2D eigenvalue weighted by molar-refractivity contribution is 5.12. The van der Waals surface area contributed by atoms with Gasteiger partial charge in [-0.25, -0.2) is 4.98 Å². The van der Waals surface area contributed by atoms with E-state index >= 15 is 0 Å². The van der Waals surface area contributed by atoms with Crippen LogP contribution in [0.15, 0.2) is 18.2 Å². The van der Waals surface area contributed by atoms with Crippen LogP contribution in [0.25, 0.3) is 0 Å². The van der Waals surface area contributed by atoms with Gasteiger partial charge in [-0.05, 0) is 12.1 Å². The molecule has 0 spiro atoms. The number of aromatic nitrogens is 1. The van der Waals surface area contributed by atoms with Crippen LogP contribution >= 0.6 is 0 Å². The molecule has 0 radical (unpaired) electrons. The molecule has 0 fully saturated rings. The number of nitrogens with zero attached hydrogens (tertiary/aromatic N) is 1.